The summed E-state index contributed by atoms with van der Waals surface area (Å²) in [5, 5.41) is 3.13. The number of nitrogens with one attached hydrogen (secondary N) is 1. The normalized spacial score (nSPS) is 30.2. The molecule has 1 N–H and O–H groups in total. The molecule has 1 aliphatic rings. The van der Waals surface area contributed by atoms with Gasteiger partial charge in [-0.05, 0) is 5.41 Å². The van der Waals surface area contributed by atoms with E-state index in [4.69, 9.17) is 0 Å². The van der Waals surface area contributed by atoms with Gasteiger partial charge in [0.1, 0.15) is 0 Å². The molecule has 0 radical (unpaired) electrons. The van der Waals surface area contributed by atoms with Crippen LogP contribution < -0.4 is 5.32 Å². The minimum Gasteiger partial charge on any atom is -0.313 e. The molecule has 0 aromatic heterocycles. The van der Waals surface area contributed by atoms with Crippen molar-refractivity contribution in [2.75, 3.05) is 6.54 Å². The molecule has 0 spiro atoms. The second-order valence-electron chi connectivity index (χ2n) is 4.68. The lowest BCUT2D eigenvalue weighted by atomic mass is 9.81. The smallest absolute Gasteiger partial charge is 0.250 e. The van der Waals surface area contributed by atoms with Gasteiger partial charge in [0, 0.05) is 25.4 Å². The quantitative estimate of drug-likeness (QED) is 0.599. The van der Waals surface area contributed by atoms with E-state index in [1.165, 1.54) is 0 Å². The van der Waals surface area contributed by atoms with Gasteiger partial charge in [-0.1, -0.05) is 20.8 Å². The number of rotatable bonds is 0. The second-order valence-corrected chi connectivity index (χ2v) is 4.68. The zero-order valence-corrected chi connectivity index (χ0v) is 7.95. The number of halogens is 2. The lowest BCUT2D eigenvalue weighted by molar-refractivity contribution is -0.0551. The third-order valence-electron chi connectivity index (χ3n) is 2.43. The third-order valence-corrected chi connectivity index (χ3v) is 2.43. The SMILES string of the molecule is CC(C)(C)C1CC(F)(F)CCN1. The van der Waals surface area contributed by atoms with E-state index in [-0.39, 0.29) is 24.3 Å². The molecule has 0 amide bonds. The predicted molar refractivity (Wildman–Crippen MR) is 45.4 cm³/mol. The lowest BCUT2D eigenvalue weighted by Crippen LogP contribution is -2.49. The summed E-state index contributed by atoms with van der Waals surface area (Å²) in [5.41, 5.74) is -0.0656. The molecule has 0 aromatic carbocycles. The molecule has 1 heterocycles. The van der Waals surface area contributed by atoms with Crippen molar-refractivity contribution >= 4 is 0 Å². The third kappa shape index (κ3) is 2.41. The Balaban J connectivity index is 2.58. The van der Waals surface area contributed by atoms with Crippen molar-refractivity contribution in [3.63, 3.8) is 0 Å². The van der Waals surface area contributed by atoms with Gasteiger partial charge in [-0.15, -0.1) is 0 Å². The monoisotopic (exact) mass is 177 g/mol. The summed E-state index contributed by atoms with van der Waals surface area (Å²) in [6, 6.07) is -0.0544. The van der Waals surface area contributed by atoms with Crippen LogP contribution in [0.2, 0.25) is 0 Å². The van der Waals surface area contributed by atoms with Crippen LogP contribution in [0, 0.1) is 5.41 Å². The fraction of sp³-hybridized carbons (Fsp3) is 1.00. The summed E-state index contributed by atoms with van der Waals surface area (Å²) < 4.78 is 25.9. The van der Waals surface area contributed by atoms with E-state index < -0.39 is 5.92 Å². The summed E-state index contributed by atoms with van der Waals surface area (Å²) in [7, 11) is 0. The molecule has 12 heavy (non-hydrogen) atoms. The molecule has 0 aromatic rings. The Hall–Kier alpha value is -0.180. The van der Waals surface area contributed by atoms with E-state index in [9.17, 15) is 8.78 Å². The summed E-state index contributed by atoms with van der Waals surface area (Å²) >= 11 is 0. The van der Waals surface area contributed by atoms with Crippen LogP contribution >= 0.6 is 0 Å². The van der Waals surface area contributed by atoms with Crippen LogP contribution in [-0.2, 0) is 0 Å². The average Bonchev–Trinajstić information content (AvgIpc) is 1.83. The first-order valence-corrected chi connectivity index (χ1v) is 4.42. The van der Waals surface area contributed by atoms with Crippen LogP contribution in [0.25, 0.3) is 0 Å². The topological polar surface area (TPSA) is 12.0 Å². The maximum atomic E-state index is 12.9. The van der Waals surface area contributed by atoms with Gasteiger partial charge in [0.15, 0.2) is 0 Å². The van der Waals surface area contributed by atoms with Crippen LogP contribution in [0.3, 0.4) is 0 Å². The Morgan fingerprint density at radius 1 is 1.33 bits per heavy atom. The van der Waals surface area contributed by atoms with Gasteiger partial charge in [-0.2, -0.15) is 0 Å². The first-order valence-electron chi connectivity index (χ1n) is 4.42. The molecule has 72 valence electrons. The first-order chi connectivity index (χ1) is 5.31. The lowest BCUT2D eigenvalue weighted by Gasteiger charge is -2.38. The predicted octanol–water partition coefficient (Wildman–Crippen LogP) is 2.42. The molecule has 1 aliphatic heterocycles. The highest BCUT2D eigenvalue weighted by molar-refractivity contribution is 4.89. The van der Waals surface area contributed by atoms with Gasteiger partial charge in [-0.25, -0.2) is 8.78 Å². The highest BCUT2D eigenvalue weighted by Crippen LogP contribution is 2.34. The molecule has 0 aliphatic carbocycles. The summed E-state index contributed by atoms with van der Waals surface area (Å²) in [6.45, 7) is 6.42. The second kappa shape index (κ2) is 2.95. The number of hydrogen-bond donors (Lipinski definition) is 1. The highest BCUT2D eigenvalue weighted by atomic mass is 19.3. The minimum absolute atomic E-state index is 0.0143. The average molecular weight is 177 g/mol. The fourth-order valence-corrected chi connectivity index (χ4v) is 1.51. The molecule has 1 rings (SSSR count). The molecule has 3 heteroatoms. The number of alkyl halides is 2. The van der Waals surface area contributed by atoms with Crippen LogP contribution in [0.5, 0.6) is 0 Å². The molecule has 0 bridgehead atoms. The molecule has 1 atom stereocenters. The molecule has 1 nitrogen and oxygen atoms in total. The first kappa shape index (κ1) is 9.90. The van der Waals surface area contributed by atoms with Crippen molar-refractivity contribution < 1.29 is 8.78 Å². The maximum absolute atomic E-state index is 12.9. The zero-order valence-electron chi connectivity index (χ0n) is 7.95. The molecule has 1 fully saturated rings. The van der Waals surface area contributed by atoms with Crippen molar-refractivity contribution in [2.45, 2.75) is 45.6 Å². The van der Waals surface area contributed by atoms with Crippen molar-refractivity contribution in [3.8, 4) is 0 Å². The van der Waals surface area contributed by atoms with E-state index in [1.54, 1.807) is 0 Å². The number of hydrogen-bond acceptors (Lipinski definition) is 1. The van der Waals surface area contributed by atoms with Gasteiger partial charge >= 0.3 is 0 Å². The van der Waals surface area contributed by atoms with Crippen LogP contribution in [-0.4, -0.2) is 18.5 Å². The Morgan fingerprint density at radius 2 is 1.92 bits per heavy atom. The van der Waals surface area contributed by atoms with Gasteiger partial charge in [-0.3, -0.25) is 0 Å². The molecule has 1 unspecified atom stereocenters. The Morgan fingerprint density at radius 3 is 2.25 bits per heavy atom. The van der Waals surface area contributed by atoms with E-state index in [0.717, 1.165) is 0 Å². The van der Waals surface area contributed by atoms with Crippen molar-refractivity contribution in [1.29, 1.82) is 0 Å². The summed E-state index contributed by atoms with van der Waals surface area (Å²) in [6.07, 6.45) is -0.0317. The summed E-state index contributed by atoms with van der Waals surface area (Å²) in [5.74, 6) is -2.46. The van der Waals surface area contributed by atoms with Gasteiger partial charge < -0.3 is 5.32 Å². The Kier molecular flexibility index (Phi) is 2.43. The van der Waals surface area contributed by atoms with Crippen LogP contribution in [0.1, 0.15) is 33.6 Å². The van der Waals surface area contributed by atoms with Gasteiger partial charge in [0.25, 0.3) is 5.92 Å². The van der Waals surface area contributed by atoms with E-state index >= 15 is 0 Å². The minimum atomic E-state index is -2.46. The summed E-state index contributed by atoms with van der Waals surface area (Å²) in [4.78, 5) is 0. The van der Waals surface area contributed by atoms with Gasteiger partial charge in [0.05, 0.1) is 0 Å². The molecule has 0 saturated carbocycles. The highest BCUT2D eigenvalue weighted by Gasteiger charge is 2.40. The van der Waals surface area contributed by atoms with Crippen LogP contribution in [0.15, 0.2) is 0 Å². The zero-order chi connectivity index (χ0) is 9.41. The fourth-order valence-electron chi connectivity index (χ4n) is 1.51. The van der Waals surface area contributed by atoms with Gasteiger partial charge in [0.2, 0.25) is 0 Å². The van der Waals surface area contributed by atoms with Crippen molar-refractivity contribution in [2.24, 2.45) is 5.41 Å². The Labute approximate surface area is 72.5 Å². The largest absolute Gasteiger partial charge is 0.313 e. The standard InChI is InChI=1S/C9H17F2N/c1-8(2,3)7-6-9(10,11)4-5-12-7/h7,12H,4-6H2,1-3H3. The van der Waals surface area contributed by atoms with Crippen molar-refractivity contribution in [3.05, 3.63) is 0 Å². The van der Waals surface area contributed by atoms with Crippen LogP contribution in [0.4, 0.5) is 8.78 Å². The van der Waals surface area contributed by atoms with Crippen molar-refractivity contribution in [1.82, 2.24) is 5.32 Å². The molecule has 1 saturated heterocycles. The Bertz CT molecular complexity index is 157. The number of piperidine rings is 1. The molecular weight excluding hydrogens is 160 g/mol. The molecular formula is C9H17F2N. The van der Waals surface area contributed by atoms with E-state index in [2.05, 4.69) is 5.32 Å². The van der Waals surface area contributed by atoms with E-state index in [0.29, 0.717) is 6.54 Å². The maximum Gasteiger partial charge on any atom is 0.250 e. The van der Waals surface area contributed by atoms with E-state index in [1.807, 2.05) is 20.8 Å².